The van der Waals surface area contributed by atoms with Crippen molar-refractivity contribution in [2.45, 2.75) is 46.1 Å². The lowest BCUT2D eigenvalue weighted by Gasteiger charge is -2.19. The summed E-state index contributed by atoms with van der Waals surface area (Å²) in [6, 6.07) is 16.0. The van der Waals surface area contributed by atoms with E-state index in [9.17, 15) is 0 Å². The Morgan fingerprint density at radius 3 is 2.32 bits per heavy atom. The third-order valence-electron chi connectivity index (χ3n) is 4.08. The van der Waals surface area contributed by atoms with Gasteiger partial charge in [0.2, 0.25) is 5.95 Å². The van der Waals surface area contributed by atoms with Crippen molar-refractivity contribution in [1.82, 2.24) is 15.2 Å². The van der Waals surface area contributed by atoms with Crippen molar-refractivity contribution in [2.75, 3.05) is 10.6 Å². The number of aromatic nitrogens is 3. The highest BCUT2D eigenvalue weighted by Crippen LogP contribution is 2.28. The van der Waals surface area contributed by atoms with E-state index in [4.69, 9.17) is 4.74 Å². The molecule has 146 valence electrons. The standard InChI is InChI=1S/C22H27N5O/c1-15(2)28-19-9-7-6-8-18(19)25-20-14-23-27-21(26-20)24-17-12-10-16(11-13-17)22(3,4)5/h6-15H,1-5H3,(H2,24,25,26,27). The molecule has 1 heterocycles. The molecular formula is C22H27N5O. The molecule has 3 aromatic rings. The van der Waals surface area contributed by atoms with E-state index in [0.717, 1.165) is 17.1 Å². The zero-order valence-corrected chi connectivity index (χ0v) is 17.0. The Morgan fingerprint density at radius 1 is 0.929 bits per heavy atom. The van der Waals surface area contributed by atoms with E-state index in [-0.39, 0.29) is 11.5 Å². The number of rotatable bonds is 6. The second kappa shape index (κ2) is 8.25. The molecule has 0 unspecified atom stereocenters. The fourth-order valence-electron chi connectivity index (χ4n) is 2.66. The van der Waals surface area contributed by atoms with E-state index in [1.165, 1.54) is 5.56 Å². The molecular weight excluding hydrogens is 350 g/mol. The van der Waals surface area contributed by atoms with Gasteiger partial charge in [-0.3, -0.25) is 0 Å². The van der Waals surface area contributed by atoms with Crippen molar-refractivity contribution in [3.8, 4) is 5.75 Å². The van der Waals surface area contributed by atoms with Crippen LogP contribution in [0, 0.1) is 0 Å². The number of nitrogens with one attached hydrogen (secondary N) is 2. The lowest BCUT2D eigenvalue weighted by molar-refractivity contribution is 0.244. The Morgan fingerprint density at radius 2 is 1.64 bits per heavy atom. The fourth-order valence-corrected chi connectivity index (χ4v) is 2.66. The number of nitrogens with zero attached hydrogens (tertiary/aromatic N) is 3. The Labute approximate surface area is 166 Å². The van der Waals surface area contributed by atoms with Crippen LogP contribution in [0.25, 0.3) is 0 Å². The minimum Gasteiger partial charge on any atom is -0.489 e. The van der Waals surface area contributed by atoms with Gasteiger partial charge in [-0.15, -0.1) is 5.10 Å². The zero-order chi connectivity index (χ0) is 20.1. The Kier molecular flexibility index (Phi) is 5.78. The normalized spacial score (nSPS) is 11.4. The van der Waals surface area contributed by atoms with Crippen LogP contribution < -0.4 is 15.4 Å². The van der Waals surface area contributed by atoms with E-state index >= 15 is 0 Å². The molecule has 0 aliphatic rings. The first kappa shape index (κ1) is 19.6. The van der Waals surface area contributed by atoms with Gasteiger partial charge in [-0.1, -0.05) is 45.0 Å². The summed E-state index contributed by atoms with van der Waals surface area (Å²) in [4.78, 5) is 4.50. The summed E-state index contributed by atoms with van der Waals surface area (Å²) in [5.41, 5.74) is 3.13. The predicted octanol–water partition coefficient (Wildman–Crippen LogP) is 5.44. The molecule has 2 N–H and O–H groups in total. The summed E-state index contributed by atoms with van der Waals surface area (Å²) in [6.07, 6.45) is 1.67. The average Bonchev–Trinajstić information content (AvgIpc) is 2.63. The van der Waals surface area contributed by atoms with Gasteiger partial charge in [-0.05, 0) is 49.1 Å². The van der Waals surface area contributed by atoms with Crippen LogP contribution in [0.4, 0.5) is 23.1 Å². The van der Waals surface area contributed by atoms with Crippen LogP contribution >= 0.6 is 0 Å². The van der Waals surface area contributed by atoms with Gasteiger partial charge >= 0.3 is 0 Å². The zero-order valence-electron chi connectivity index (χ0n) is 17.0. The molecule has 0 saturated carbocycles. The molecule has 0 spiro atoms. The third-order valence-corrected chi connectivity index (χ3v) is 4.08. The SMILES string of the molecule is CC(C)Oc1ccccc1Nc1cnnc(Nc2ccc(C(C)(C)C)cc2)n1. The van der Waals surface area contributed by atoms with Crippen LogP contribution in [0.5, 0.6) is 5.75 Å². The quantitative estimate of drug-likeness (QED) is 0.596. The van der Waals surface area contributed by atoms with Gasteiger partial charge < -0.3 is 15.4 Å². The second-order valence-electron chi connectivity index (χ2n) is 7.91. The van der Waals surface area contributed by atoms with Crippen LogP contribution in [0.1, 0.15) is 40.2 Å². The highest BCUT2D eigenvalue weighted by atomic mass is 16.5. The summed E-state index contributed by atoms with van der Waals surface area (Å²) in [5, 5.41) is 14.6. The summed E-state index contributed by atoms with van der Waals surface area (Å²) in [7, 11) is 0. The minimum atomic E-state index is 0.0831. The van der Waals surface area contributed by atoms with Crippen LogP contribution in [-0.4, -0.2) is 21.3 Å². The summed E-state index contributed by atoms with van der Waals surface area (Å²) in [6.45, 7) is 10.6. The Hall–Kier alpha value is -3.15. The molecule has 6 heteroatoms. The molecule has 0 fully saturated rings. The first-order chi connectivity index (χ1) is 13.3. The predicted molar refractivity (Wildman–Crippen MR) is 114 cm³/mol. The molecule has 0 amide bonds. The number of para-hydroxylation sites is 2. The molecule has 3 rings (SSSR count). The molecule has 0 saturated heterocycles. The minimum absolute atomic E-state index is 0.0831. The number of hydrogen-bond acceptors (Lipinski definition) is 6. The number of benzene rings is 2. The van der Waals surface area contributed by atoms with E-state index in [1.807, 2.05) is 50.2 Å². The number of ether oxygens (including phenoxy) is 1. The van der Waals surface area contributed by atoms with Gasteiger partial charge in [0.1, 0.15) is 5.75 Å². The smallest absolute Gasteiger partial charge is 0.249 e. The van der Waals surface area contributed by atoms with Crippen molar-refractivity contribution in [2.24, 2.45) is 0 Å². The second-order valence-corrected chi connectivity index (χ2v) is 7.91. The topological polar surface area (TPSA) is 72.0 Å². The average molecular weight is 377 g/mol. The summed E-state index contributed by atoms with van der Waals surface area (Å²) in [5.74, 6) is 1.78. The fraction of sp³-hybridized carbons (Fsp3) is 0.318. The molecule has 0 aliphatic carbocycles. The molecule has 6 nitrogen and oxygen atoms in total. The maximum Gasteiger partial charge on any atom is 0.249 e. The molecule has 0 aliphatic heterocycles. The maximum absolute atomic E-state index is 5.84. The summed E-state index contributed by atoms with van der Waals surface area (Å²) < 4.78 is 5.84. The third kappa shape index (κ3) is 5.19. The largest absolute Gasteiger partial charge is 0.489 e. The van der Waals surface area contributed by atoms with E-state index in [0.29, 0.717) is 11.8 Å². The first-order valence-corrected chi connectivity index (χ1v) is 9.41. The van der Waals surface area contributed by atoms with Crippen LogP contribution in [-0.2, 0) is 5.41 Å². The van der Waals surface area contributed by atoms with Gasteiger partial charge in [0.15, 0.2) is 5.82 Å². The van der Waals surface area contributed by atoms with Crippen LogP contribution in [0.15, 0.2) is 54.7 Å². The van der Waals surface area contributed by atoms with Crippen molar-refractivity contribution in [3.05, 3.63) is 60.3 Å². The van der Waals surface area contributed by atoms with Crippen LogP contribution in [0.3, 0.4) is 0 Å². The van der Waals surface area contributed by atoms with Gasteiger partial charge in [-0.25, -0.2) is 0 Å². The van der Waals surface area contributed by atoms with E-state index in [1.54, 1.807) is 6.20 Å². The van der Waals surface area contributed by atoms with Gasteiger partial charge in [0, 0.05) is 5.69 Å². The maximum atomic E-state index is 5.84. The number of anilines is 4. The Balaban J connectivity index is 1.75. The van der Waals surface area contributed by atoms with Gasteiger partial charge in [0.05, 0.1) is 18.0 Å². The monoisotopic (exact) mass is 377 g/mol. The van der Waals surface area contributed by atoms with Crippen molar-refractivity contribution in [3.63, 3.8) is 0 Å². The van der Waals surface area contributed by atoms with Gasteiger partial charge in [-0.2, -0.15) is 10.1 Å². The van der Waals surface area contributed by atoms with Crippen molar-refractivity contribution >= 4 is 23.1 Å². The Bertz CT molecular complexity index is 917. The van der Waals surface area contributed by atoms with E-state index in [2.05, 4.69) is 58.7 Å². The molecule has 1 aromatic heterocycles. The lowest BCUT2D eigenvalue weighted by Crippen LogP contribution is -2.10. The summed E-state index contributed by atoms with van der Waals surface area (Å²) >= 11 is 0. The van der Waals surface area contributed by atoms with Gasteiger partial charge in [0.25, 0.3) is 0 Å². The molecule has 28 heavy (non-hydrogen) atoms. The highest BCUT2D eigenvalue weighted by molar-refractivity contribution is 5.64. The highest BCUT2D eigenvalue weighted by Gasteiger charge is 2.13. The number of hydrogen-bond donors (Lipinski definition) is 2. The first-order valence-electron chi connectivity index (χ1n) is 9.41. The van der Waals surface area contributed by atoms with E-state index < -0.39 is 0 Å². The molecule has 0 bridgehead atoms. The lowest BCUT2D eigenvalue weighted by atomic mass is 9.87. The molecule has 0 atom stereocenters. The molecule has 2 aromatic carbocycles. The molecule has 0 radical (unpaired) electrons. The van der Waals surface area contributed by atoms with Crippen molar-refractivity contribution in [1.29, 1.82) is 0 Å². The van der Waals surface area contributed by atoms with Crippen molar-refractivity contribution < 1.29 is 4.74 Å². The van der Waals surface area contributed by atoms with Crippen LogP contribution in [0.2, 0.25) is 0 Å².